The molecular formula is C19H23N3O2S2. The second kappa shape index (κ2) is 6.62. The number of aromatic nitrogens is 1. The van der Waals surface area contributed by atoms with Crippen molar-refractivity contribution in [1.29, 1.82) is 0 Å². The number of nitrogens with one attached hydrogen (secondary N) is 1. The number of hydrogen-bond donors (Lipinski definition) is 1. The van der Waals surface area contributed by atoms with Gasteiger partial charge in [-0.25, -0.2) is 4.98 Å². The van der Waals surface area contributed by atoms with Gasteiger partial charge in [-0.05, 0) is 43.2 Å². The molecule has 3 aliphatic rings. The van der Waals surface area contributed by atoms with E-state index in [9.17, 15) is 4.79 Å². The number of piperidine rings is 1. The summed E-state index contributed by atoms with van der Waals surface area (Å²) < 4.78 is 6.33. The van der Waals surface area contributed by atoms with Gasteiger partial charge in [0.25, 0.3) is 5.91 Å². The van der Waals surface area contributed by atoms with E-state index in [4.69, 9.17) is 4.74 Å². The van der Waals surface area contributed by atoms with Crippen LogP contribution in [0.25, 0.3) is 0 Å². The minimum absolute atomic E-state index is 0.0895. The predicted molar refractivity (Wildman–Crippen MR) is 104 cm³/mol. The van der Waals surface area contributed by atoms with E-state index >= 15 is 0 Å². The van der Waals surface area contributed by atoms with Gasteiger partial charge in [0.15, 0.2) is 5.13 Å². The Bertz CT molecular complexity index is 790. The number of nitrogens with zero attached hydrogens (tertiary/aromatic N) is 2. The van der Waals surface area contributed by atoms with E-state index in [1.807, 2.05) is 11.6 Å². The van der Waals surface area contributed by atoms with Crippen LogP contribution in [0.4, 0.5) is 5.13 Å². The summed E-state index contributed by atoms with van der Waals surface area (Å²) in [5, 5.41) is 6.23. The highest BCUT2D eigenvalue weighted by atomic mass is 32.1. The number of amides is 1. The van der Waals surface area contributed by atoms with Gasteiger partial charge in [-0.15, -0.1) is 22.7 Å². The van der Waals surface area contributed by atoms with Gasteiger partial charge in [-0.2, -0.15) is 0 Å². The lowest BCUT2D eigenvalue weighted by Gasteiger charge is -2.44. The van der Waals surface area contributed by atoms with E-state index in [1.54, 1.807) is 22.7 Å². The molecule has 1 saturated carbocycles. The van der Waals surface area contributed by atoms with Crippen LogP contribution in [0.15, 0.2) is 17.6 Å². The Balaban J connectivity index is 1.33. The molecule has 0 radical (unpaired) electrons. The van der Waals surface area contributed by atoms with Crippen molar-refractivity contribution in [2.75, 3.05) is 31.1 Å². The number of carbonyl (C=O) groups excluding carboxylic acids is 1. The van der Waals surface area contributed by atoms with Crippen LogP contribution in [0.2, 0.25) is 0 Å². The first-order valence-electron chi connectivity index (χ1n) is 9.43. The zero-order valence-corrected chi connectivity index (χ0v) is 16.3. The van der Waals surface area contributed by atoms with E-state index in [-0.39, 0.29) is 11.5 Å². The number of hydrogen-bond acceptors (Lipinski definition) is 6. The van der Waals surface area contributed by atoms with Crippen molar-refractivity contribution in [3.05, 3.63) is 33.0 Å². The van der Waals surface area contributed by atoms with Crippen LogP contribution in [-0.2, 0) is 16.8 Å². The summed E-state index contributed by atoms with van der Waals surface area (Å²) in [6.07, 6.45) is 7.22. The van der Waals surface area contributed by atoms with E-state index in [0.717, 1.165) is 55.5 Å². The Morgan fingerprint density at radius 1 is 1.38 bits per heavy atom. The minimum Gasteiger partial charge on any atom is -0.370 e. The van der Waals surface area contributed by atoms with Crippen LogP contribution in [-0.4, -0.2) is 37.1 Å². The monoisotopic (exact) mass is 389 g/mol. The number of thiazole rings is 1. The molecule has 1 saturated heterocycles. The second-order valence-corrected chi connectivity index (χ2v) is 9.51. The molecule has 2 aromatic rings. The molecule has 7 heteroatoms. The molecule has 2 aliphatic heterocycles. The van der Waals surface area contributed by atoms with Gasteiger partial charge in [0.2, 0.25) is 0 Å². The topological polar surface area (TPSA) is 54.5 Å². The van der Waals surface area contributed by atoms with Gasteiger partial charge in [0, 0.05) is 42.5 Å². The van der Waals surface area contributed by atoms with Gasteiger partial charge in [-0.3, -0.25) is 4.79 Å². The Morgan fingerprint density at radius 2 is 2.23 bits per heavy atom. The standard InChI is InChI=1S/C19H23N3O2S2/c23-17(21-12-13-1-2-13)16-11-14-15(26-16)3-9-24-19(14)4-7-22(8-5-19)18-20-6-10-25-18/h6,10-11,13H,1-5,7-9,12H2,(H,21,23). The molecule has 0 aromatic carbocycles. The first-order valence-corrected chi connectivity index (χ1v) is 11.1. The predicted octanol–water partition coefficient (Wildman–Crippen LogP) is 3.41. The van der Waals surface area contributed by atoms with Gasteiger partial charge in [0.05, 0.1) is 17.1 Å². The molecule has 0 bridgehead atoms. The summed E-state index contributed by atoms with van der Waals surface area (Å²) in [6, 6.07) is 2.11. The summed E-state index contributed by atoms with van der Waals surface area (Å²) in [7, 11) is 0. The number of thiophene rings is 1. The van der Waals surface area contributed by atoms with Crippen LogP contribution < -0.4 is 10.2 Å². The Labute approximate surface area is 161 Å². The van der Waals surface area contributed by atoms with Crippen molar-refractivity contribution in [1.82, 2.24) is 10.3 Å². The van der Waals surface area contributed by atoms with Crippen LogP contribution >= 0.6 is 22.7 Å². The summed E-state index contributed by atoms with van der Waals surface area (Å²) >= 11 is 3.36. The van der Waals surface area contributed by atoms with E-state index < -0.39 is 0 Å². The van der Waals surface area contributed by atoms with Crippen molar-refractivity contribution < 1.29 is 9.53 Å². The zero-order valence-electron chi connectivity index (χ0n) is 14.7. The summed E-state index contributed by atoms with van der Waals surface area (Å²) in [4.78, 5) is 21.5. The summed E-state index contributed by atoms with van der Waals surface area (Å²) in [5.74, 6) is 0.796. The summed E-state index contributed by atoms with van der Waals surface area (Å²) in [5.41, 5.74) is 1.05. The number of fused-ring (bicyclic) bond motifs is 2. The van der Waals surface area contributed by atoms with Crippen molar-refractivity contribution >= 4 is 33.7 Å². The minimum atomic E-state index is -0.215. The smallest absolute Gasteiger partial charge is 0.261 e. The summed E-state index contributed by atoms with van der Waals surface area (Å²) in [6.45, 7) is 3.48. The Hall–Kier alpha value is -1.44. The molecule has 1 N–H and O–H groups in total. The Kier molecular flexibility index (Phi) is 4.26. The largest absolute Gasteiger partial charge is 0.370 e. The van der Waals surface area contributed by atoms with Gasteiger partial charge in [-0.1, -0.05) is 0 Å². The molecule has 4 heterocycles. The maximum atomic E-state index is 12.5. The molecule has 2 aromatic heterocycles. The average Bonchev–Trinajstić information content (AvgIpc) is 3.14. The van der Waals surface area contributed by atoms with Gasteiger partial charge in [0.1, 0.15) is 0 Å². The highest BCUT2D eigenvalue weighted by Crippen LogP contribution is 2.45. The first-order chi connectivity index (χ1) is 12.7. The molecule has 5 nitrogen and oxygen atoms in total. The molecule has 1 spiro atoms. The van der Waals surface area contributed by atoms with Gasteiger partial charge >= 0.3 is 0 Å². The van der Waals surface area contributed by atoms with Crippen molar-refractivity contribution in [2.45, 2.75) is 37.7 Å². The molecule has 0 atom stereocenters. The second-order valence-electron chi connectivity index (χ2n) is 7.50. The third-order valence-electron chi connectivity index (χ3n) is 5.74. The van der Waals surface area contributed by atoms with Crippen LogP contribution in [0, 0.1) is 5.92 Å². The molecule has 2 fully saturated rings. The number of carbonyl (C=O) groups is 1. The molecule has 26 heavy (non-hydrogen) atoms. The molecule has 5 rings (SSSR count). The molecule has 0 unspecified atom stereocenters. The molecule has 1 amide bonds. The lowest BCUT2D eigenvalue weighted by Crippen LogP contribution is -2.46. The van der Waals surface area contributed by atoms with E-state index in [2.05, 4.69) is 21.3 Å². The van der Waals surface area contributed by atoms with Crippen molar-refractivity contribution in [2.24, 2.45) is 5.92 Å². The number of anilines is 1. The van der Waals surface area contributed by atoms with Crippen LogP contribution in [0.1, 0.15) is 45.8 Å². The lowest BCUT2D eigenvalue weighted by molar-refractivity contribution is -0.0756. The van der Waals surface area contributed by atoms with Crippen LogP contribution in [0.5, 0.6) is 0 Å². The third-order valence-corrected chi connectivity index (χ3v) is 7.77. The lowest BCUT2D eigenvalue weighted by atomic mass is 9.82. The van der Waals surface area contributed by atoms with E-state index in [1.165, 1.54) is 23.3 Å². The maximum absolute atomic E-state index is 12.5. The quantitative estimate of drug-likeness (QED) is 0.871. The van der Waals surface area contributed by atoms with Crippen molar-refractivity contribution in [3.63, 3.8) is 0 Å². The third kappa shape index (κ3) is 3.06. The zero-order chi connectivity index (χ0) is 17.6. The molecular weight excluding hydrogens is 366 g/mol. The maximum Gasteiger partial charge on any atom is 0.261 e. The normalized spacial score (nSPS) is 21.6. The van der Waals surface area contributed by atoms with Crippen molar-refractivity contribution in [3.8, 4) is 0 Å². The van der Waals surface area contributed by atoms with Crippen LogP contribution in [0.3, 0.4) is 0 Å². The highest BCUT2D eigenvalue weighted by molar-refractivity contribution is 7.14. The van der Waals surface area contributed by atoms with E-state index in [0.29, 0.717) is 5.92 Å². The fraction of sp³-hybridized carbons (Fsp3) is 0.579. The molecule has 138 valence electrons. The average molecular weight is 390 g/mol. The SMILES string of the molecule is O=C(NCC1CC1)c1cc2c(s1)CCOC21CCN(c2nccs2)CC1. The number of rotatable bonds is 4. The fourth-order valence-electron chi connectivity index (χ4n) is 4.02. The highest BCUT2D eigenvalue weighted by Gasteiger charge is 2.42. The fourth-order valence-corrected chi connectivity index (χ4v) is 5.86. The Morgan fingerprint density at radius 3 is 2.96 bits per heavy atom. The molecule has 1 aliphatic carbocycles. The number of ether oxygens (including phenoxy) is 1. The first kappa shape index (κ1) is 16.7. The van der Waals surface area contributed by atoms with Gasteiger partial charge < -0.3 is 15.0 Å².